The molecule has 0 N–H and O–H groups in total. The van der Waals surface area contributed by atoms with Crippen LogP contribution in [0.1, 0.15) is 37.2 Å². The van der Waals surface area contributed by atoms with Crippen LogP contribution in [0.15, 0.2) is 73.3 Å². The van der Waals surface area contributed by atoms with E-state index in [1.54, 1.807) is 0 Å². The van der Waals surface area contributed by atoms with Gasteiger partial charge in [-0.05, 0) is 54.0 Å². The highest BCUT2D eigenvalue weighted by Gasteiger charge is 2.21. The number of benzene rings is 3. The zero-order chi connectivity index (χ0) is 17.2. The summed E-state index contributed by atoms with van der Waals surface area (Å²) in [5.41, 5.74) is 2.95. The van der Waals surface area contributed by atoms with Gasteiger partial charge in [0.2, 0.25) is 0 Å². The summed E-state index contributed by atoms with van der Waals surface area (Å²) in [5.74, 6) is 1.14. The SMILES string of the molecule is C=CC1CCC(c2ccc3c(F)c(-c4ccccc4)ccc3c2)CC1. The predicted octanol–water partition coefficient (Wildman–Crippen LogP) is 7.11. The largest absolute Gasteiger partial charge is 0.206 e. The Bertz CT molecular complexity index is 887. The molecule has 1 aliphatic carbocycles. The molecule has 0 atom stereocenters. The van der Waals surface area contributed by atoms with Crippen molar-refractivity contribution in [2.45, 2.75) is 31.6 Å². The van der Waals surface area contributed by atoms with E-state index in [4.69, 9.17) is 0 Å². The summed E-state index contributed by atoms with van der Waals surface area (Å²) in [6.07, 6.45) is 6.93. The highest BCUT2D eigenvalue weighted by Crippen LogP contribution is 2.38. The van der Waals surface area contributed by atoms with E-state index < -0.39 is 0 Å². The molecule has 1 fully saturated rings. The van der Waals surface area contributed by atoms with E-state index in [1.165, 1.54) is 31.2 Å². The normalized spacial score (nSPS) is 20.5. The van der Waals surface area contributed by atoms with Crippen molar-refractivity contribution in [2.24, 2.45) is 5.92 Å². The Morgan fingerprint density at radius 2 is 1.64 bits per heavy atom. The molecule has 1 aliphatic rings. The maximum Gasteiger partial charge on any atom is 0.138 e. The first kappa shape index (κ1) is 16.1. The van der Waals surface area contributed by atoms with Crippen molar-refractivity contribution in [3.63, 3.8) is 0 Å². The molecule has 0 radical (unpaired) electrons. The van der Waals surface area contributed by atoms with Crippen LogP contribution in [-0.4, -0.2) is 0 Å². The second kappa shape index (κ2) is 6.84. The lowest BCUT2D eigenvalue weighted by atomic mass is 9.78. The zero-order valence-corrected chi connectivity index (χ0v) is 14.4. The molecule has 0 nitrogen and oxygen atoms in total. The topological polar surface area (TPSA) is 0 Å². The Morgan fingerprint density at radius 1 is 0.880 bits per heavy atom. The number of rotatable bonds is 3. The Hall–Kier alpha value is -2.41. The van der Waals surface area contributed by atoms with Gasteiger partial charge in [-0.25, -0.2) is 4.39 Å². The number of hydrogen-bond acceptors (Lipinski definition) is 0. The van der Waals surface area contributed by atoms with Crippen LogP contribution in [-0.2, 0) is 0 Å². The van der Waals surface area contributed by atoms with Crippen molar-refractivity contribution < 1.29 is 4.39 Å². The molecule has 1 saturated carbocycles. The zero-order valence-electron chi connectivity index (χ0n) is 14.4. The van der Waals surface area contributed by atoms with Crippen LogP contribution >= 0.6 is 0 Å². The Labute approximate surface area is 149 Å². The molecule has 0 bridgehead atoms. The first-order chi connectivity index (χ1) is 12.3. The van der Waals surface area contributed by atoms with E-state index in [2.05, 4.69) is 30.9 Å². The highest BCUT2D eigenvalue weighted by molar-refractivity contribution is 5.88. The fourth-order valence-corrected chi connectivity index (χ4v) is 4.09. The Kier molecular flexibility index (Phi) is 4.40. The number of fused-ring (bicyclic) bond motifs is 1. The summed E-state index contributed by atoms with van der Waals surface area (Å²) in [4.78, 5) is 0. The van der Waals surface area contributed by atoms with Gasteiger partial charge in [0.25, 0.3) is 0 Å². The quantitative estimate of drug-likeness (QED) is 0.449. The van der Waals surface area contributed by atoms with Gasteiger partial charge in [-0.15, -0.1) is 6.58 Å². The minimum Gasteiger partial charge on any atom is -0.206 e. The van der Waals surface area contributed by atoms with Crippen LogP contribution < -0.4 is 0 Å². The number of halogens is 1. The lowest BCUT2D eigenvalue weighted by molar-refractivity contribution is 0.376. The maximum atomic E-state index is 15.0. The van der Waals surface area contributed by atoms with Gasteiger partial charge >= 0.3 is 0 Å². The van der Waals surface area contributed by atoms with Gasteiger partial charge in [0.15, 0.2) is 0 Å². The van der Waals surface area contributed by atoms with Crippen molar-refractivity contribution in [1.29, 1.82) is 0 Å². The summed E-state index contributed by atoms with van der Waals surface area (Å²) in [6.45, 7) is 3.92. The van der Waals surface area contributed by atoms with Crippen molar-refractivity contribution in [3.8, 4) is 11.1 Å². The van der Waals surface area contributed by atoms with Crippen LogP contribution in [0.3, 0.4) is 0 Å². The van der Waals surface area contributed by atoms with E-state index in [9.17, 15) is 0 Å². The average molecular weight is 330 g/mol. The number of hydrogen-bond donors (Lipinski definition) is 0. The molecular weight excluding hydrogens is 307 g/mol. The smallest absolute Gasteiger partial charge is 0.138 e. The highest BCUT2D eigenvalue weighted by atomic mass is 19.1. The van der Waals surface area contributed by atoms with Crippen LogP contribution in [0.4, 0.5) is 4.39 Å². The first-order valence-electron chi connectivity index (χ1n) is 9.16. The fourth-order valence-electron chi connectivity index (χ4n) is 4.09. The molecule has 3 aromatic carbocycles. The molecule has 0 amide bonds. The van der Waals surface area contributed by atoms with Gasteiger partial charge < -0.3 is 0 Å². The Balaban J connectivity index is 1.67. The lowest BCUT2D eigenvalue weighted by Gasteiger charge is -2.27. The van der Waals surface area contributed by atoms with Crippen LogP contribution in [0.2, 0.25) is 0 Å². The summed E-state index contributed by atoms with van der Waals surface area (Å²) in [5, 5.41) is 1.71. The van der Waals surface area contributed by atoms with E-state index >= 15 is 4.39 Å². The molecule has 25 heavy (non-hydrogen) atoms. The molecule has 3 aromatic rings. The van der Waals surface area contributed by atoms with Gasteiger partial charge in [-0.3, -0.25) is 0 Å². The van der Waals surface area contributed by atoms with Crippen molar-refractivity contribution in [1.82, 2.24) is 0 Å². The van der Waals surface area contributed by atoms with Crippen LogP contribution in [0.25, 0.3) is 21.9 Å². The average Bonchev–Trinajstić information content (AvgIpc) is 2.69. The fraction of sp³-hybridized carbons (Fsp3) is 0.250. The van der Waals surface area contributed by atoms with Crippen molar-refractivity contribution >= 4 is 10.8 Å². The molecule has 0 heterocycles. The molecule has 1 heteroatoms. The molecule has 0 saturated heterocycles. The molecular formula is C24H23F. The molecule has 126 valence electrons. The van der Waals surface area contributed by atoms with Gasteiger partial charge in [0.1, 0.15) is 5.82 Å². The maximum absolute atomic E-state index is 15.0. The molecule has 0 unspecified atom stereocenters. The van der Waals surface area contributed by atoms with Gasteiger partial charge in [-0.1, -0.05) is 66.7 Å². The molecule has 0 aliphatic heterocycles. The minimum absolute atomic E-state index is 0.120. The van der Waals surface area contributed by atoms with Gasteiger partial charge in [0, 0.05) is 10.9 Å². The first-order valence-corrected chi connectivity index (χ1v) is 9.16. The molecule has 4 rings (SSSR count). The standard InChI is InChI=1S/C24H23F/c1-2-17-8-10-18(11-9-17)20-12-14-23-21(16-20)13-15-22(24(23)25)19-6-4-3-5-7-19/h2-7,12-18H,1,8-11H2. The molecule has 0 aromatic heterocycles. The molecule has 0 spiro atoms. The summed E-state index contributed by atoms with van der Waals surface area (Å²) in [6, 6.07) is 20.0. The third-order valence-corrected chi connectivity index (χ3v) is 5.64. The predicted molar refractivity (Wildman–Crippen MR) is 104 cm³/mol. The Morgan fingerprint density at radius 3 is 2.36 bits per heavy atom. The second-order valence-electron chi connectivity index (χ2n) is 7.12. The van der Waals surface area contributed by atoms with Gasteiger partial charge in [-0.2, -0.15) is 0 Å². The third-order valence-electron chi connectivity index (χ3n) is 5.64. The van der Waals surface area contributed by atoms with Crippen LogP contribution in [0.5, 0.6) is 0 Å². The summed E-state index contributed by atoms with van der Waals surface area (Å²) < 4.78 is 15.0. The third kappa shape index (κ3) is 3.11. The van der Waals surface area contributed by atoms with E-state index in [-0.39, 0.29) is 5.82 Å². The number of allylic oxidation sites excluding steroid dienone is 1. The lowest BCUT2D eigenvalue weighted by Crippen LogP contribution is -2.11. The van der Waals surface area contributed by atoms with Crippen molar-refractivity contribution in [3.05, 3.63) is 84.7 Å². The van der Waals surface area contributed by atoms with E-state index in [0.717, 1.165) is 10.9 Å². The van der Waals surface area contributed by atoms with Gasteiger partial charge in [0.05, 0.1) is 0 Å². The minimum atomic E-state index is -0.120. The monoisotopic (exact) mass is 330 g/mol. The summed E-state index contributed by atoms with van der Waals surface area (Å²) >= 11 is 0. The van der Waals surface area contributed by atoms with Crippen molar-refractivity contribution in [2.75, 3.05) is 0 Å². The van der Waals surface area contributed by atoms with E-state index in [1.807, 2.05) is 42.5 Å². The van der Waals surface area contributed by atoms with Crippen LogP contribution in [0, 0.1) is 11.7 Å². The second-order valence-corrected chi connectivity index (χ2v) is 7.12. The summed E-state index contributed by atoms with van der Waals surface area (Å²) in [7, 11) is 0. The van der Waals surface area contributed by atoms with E-state index in [0.29, 0.717) is 22.8 Å².